The first-order valence-electron chi connectivity index (χ1n) is 43.7. The number of benzene rings is 8. The van der Waals surface area contributed by atoms with Gasteiger partial charge in [0.25, 0.3) is 17.7 Å². The maximum Gasteiger partial charge on any atom is 0.403 e. The Labute approximate surface area is 792 Å². The quantitative estimate of drug-likeness (QED) is 0.0180. The highest BCUT2D eigenvalue weighted by atomic mass is 19.4. The standard InChI is InChI=1S/C28H29F2N5O2.C24H21F5N4O2.C24H22F2N6O2.C24H20F2N6O2/c1-3-12-35-17(2)22(16-33-35)28(37)34-25(15-19-5-8-23(29)24(30)14-19)26(36)9-6-18-4-7-21-20(13-18)10-11-32-27(21)31;25-17-4-2-13(10-18(17)26)11-19(33-22(35)23(6-7-23)24(27,28)29)21(34)32-12-14-1-3-16-15(9-14)5-8-31-20(16)30;1-32-13-28-12-21(32)24(34)31-20(10-14-3-5-18(25)19(26)9-14)23(33)30-11-15-2-4-17-16(8-15)6-7-29-22(17)27;25-18-4-2-14(10-19(18)26)11-21(32-24(34)20-6-7-28-13-31-20)23(33)30-12-15-1-3-17-16(9-15)5-8-29-22(17)27/h4-5,7-8,10-11,13-14,16,25H,3,6,9,12,15H2,1-2H3,(H2,31,32)(H,34,37);1-5,8-10,19H,6-7,11-12H2,(H2,30,31)(H,32,34)(H,33,35);2-9,12-13,20H,10-11H2,1H3,(H2,27,29)(H,30,33)(H,31,34);1-10,13,21H,11-12H2,(H2,27,29)(H,30,33)(H,32,34)/t25-;19-;20-;21-/m0000/s1. The number of anilines is 4. The highest BCUT2D eigenvalue weighted by Gasteiger charge is 2.68. The van der Waals surface area contributed by atoms with Gasteiger partial charge < -0.3 is 64.7 Å². The number of hydrogen-bond acceptors (Lipinski definition) is 20. The maximum absolute atomic E-state index is 13.8. The molecule has 15 aromatic rings. The van der Waals surface area contributed by atoms with Gasteiger partial charge in [0.1, 0.15) is 64.5 Å². The summed E-state index contributed by atoms with van der Waals surface area (Å²) in [4.78, 5) is 131. The molecule has 1 aliphatic carbocycles. The smallest absolute Gasteiger partial charge is 0.383 e. The van der Waals surface area contributed by atoms with Crippen molar-refractivity contribution in [1.29, 1.82) is 0 Å². The zero-order valence-corrected chi connectivity index (χ0v) is 75.1. The van der Waals surface area contributed by atoms with Gasteiger partial charge in [-0.15, -0.1) is 0 Å². The van der Waals surface area contributed by atoms with Gasteiger partial charge >= 0.3 is 6.18 Å². The number of hydrogen-bond donors (Lipinski definition) is 11. The number of halogens is 11. The number of carbonyl (C=O) groups excluding carboxylic acids is 8. The van der Waals surface area contributed by atoms with Gasteiger partial charge in [-0.1, -0.05) is 85.8 Å². The average Bonchev–Trinajstić information content (AvgIpc) is 1.58. The van der Waals surface area contributed by atoms with Crippen LogP contribution in [-0.4, -0.2) is 127 Å². The molecular weight excluding hydrogens is 1830 g/mol. The number of pyridine rings is 4. The van der Waals surface area contributed by atoms with Crippen LogP contribution < -0.4 is 60.2 Å². The topological polar surface area (TPSA) is 438 Å². The van der Waals surface area contributed by atoms with E-state index in [9.17, 15) is 86.7 Å². The van der Waals surface area contributed by atoms with E-state index in [-0.39, 0.29) is 87.3 Å². The van der Waals surface area contributed by atoms with Crippen LogP contribution in [0, 0.1) is 58.9 Å². The van der Waals surface area contributed by atoms with Crippen LogP contribution in [0.5, 0.6) is 0 Å². The molecule has 4 atom stereocenters. The maximum atomic E-state index is 13.8. The van der Waals surface area contributed by atoms with Gasteiger partial charge in [-0.25, -0.2) is 70.0 Å². The Morgan fingerprint density at radius 3 is 1.15 bits per heavy atom. The monoisotopic (exact) mass is 1920 g/mol. The number of fused-ring (bicyclic) bond motifs is 4. The first kappa shape index (κ1) is 101. The number of ketones is 1. The Morgan fingerprint density at radius 2 is 0.786 bits per heavy atom. The van der Waals surface area contributed by atoms with Crippen LogP contribution in [0.2, 0.25) is 0 Å². The number of nitrogens with two attached hydrogens (primary N) is 4. The second kappa shape index (κ2) is 45.3. The van der Waals surface area contributed by atoms with E-state index < -0.39 is 124 Å². The summed E-state index contributed by atoms with van der Waals surface area (Å²) in [7, 11) is 1.65. The molecule has 0 radical (unpaired) electrons. The van der Waals surface area contributed by atoms with Crippen LogP contribution in [0.3, 0.4) is 0 Å². The fourth-order valence-corrected chi connectivity index (χ4v) is 15.2. The zero-order chi connectivity index (χ0) is 100. The molecule has 722 valence electrons. The Hall–Kier alpha value is -16.7. The molecule has 1 saturated carbocycles. The van der Waals surface area contributed by atoms with Crippen LogP contribution >= 0.6 is 0 Å². The second-order valence-corrected chi connectivity index (χ2v) is 33.0. The number of nitrogen functional groups attached to an aromatic ring is 4. The summed E-state index contributed by atoms with van der Waals surface area (Å²) < 4.78 is 152. The molecule has 0 saturated heterocycles. The van der Waals surface area contributed by atoms with E-state index in [0.717, 1.165) is 109 Å². The summed E-state index contributed by atoms with van der Waals surface area (Å²) in [5, 5.41) is 29.3. The zero-order valence-electron chi connectivity index (χ0n) is 75.1. The average molecular weight is 1920 g/mol. The molecule has 29 nitrogen and oxygen atoms in total. The Balaban J connectivity index is 0.000000157. The van der Waals surface area contributed by atoms with Crippen molar-refractivity contribution in [3.63, 3.8) is 0 Å². The van der Waals surface area contributed by atoms with Crippen LogP contribution in [-0.2, 0) is 89.3 Å². The van der Waals surface area contributed by atoms with Gasteiger partial charge in [-0.2, -0.15) is 18.3 Å². The number of nitrogens with zero attached hydrogens (tertiary/aromatic N) is 10. The third-order valence-electron chi connectivity index (χ3n) is 23.1. The van der Waals surface area contributed by atoms with Crippen molar-refractivity contribution in [2.45, 2.75) is 128 Å². The molecule has 15 N–H and O–H groups in total. The predicted octanol–water partition coefficient (Wildman–Crippen LogP) is 13.4. The molecule has 0 aliphatic heterocycles. The van der Waals surface area contributed by atoms with E-state index in [1.54, 1.807) is 61.5 Å². The largest absolute Gasteiger partial charge is 0.403 e. The van der Waals surface area contributed by atoms with Crippen molar-refractivity contribution in [3.8, 4) is 0 Å². The molecule has 7 heterocycles. The molecule has 0 bridgehead atoms. The third kappa shape index (κ3) is 25.7. The summed E-state index contributed by atoms with van der Waals surface area (Å²) in [6, 6.07) is 39.1. The fraction of sp³-hybridized carbons (Fsp3) is 0.220. The summed E-state index contributed by atoms with van der Waals surface area (Å²) in [5.74, 6) is -11.5. The lowest BCUT2D eigenvalue weighted by molar-refractivity contribution is -0.192. The Morgan fingerprint density at radius 1 is 0.414 bits per heavy atom. The molecule has 7 amide bonds. The first-order chi connectivity index (χ1) is 67.0. The van der Waals surface area contributed by atoms with E-state index in [1.807, 2.05) is 79.7 Å². The molecule has 0 unspecified atom stereocenters. The molecule has 1 fully saturated rings. The van der Waals surface area contributed by atoms with Crippen molar-refractivity contribution >= 4 is 113 Å². The number of aromatic nitrogens is 10. The highest BCUT2D eigenvalue weighted by Crippen LogP contribution is 2.58. The molecule has 0 spiro atoms. The molecule has 16 rings (SSSR count). The lowest BCUT2D eigenvalue weighted by Crippen LogP contribution is -2.52. The van der Waals surface area contributed by atoms with E-state index in [2.05, 4.69) is 77.2 Å². The van der Waals surface area contributed by atoms with E-state index in [0.29, 0.717) is 75.1 Å². The lowest BCUT2D eigenvalue weighted by Gasteiger charge is -2.24. The number of alkyl halides is 3. The molecule has 140 heavy (non-hydrogen) atoms. The third-order valence-corrected chi connectivity index (χ3v) is 23.1. The van der Waals surface area contributed by atoms with Gasteiger partial charge in [-0.05, 0) is 202 Å². The molecule has 8 aromatic carbocycles. The fourth-order valence-electron chi connectivity index (χ4n) is 15.2. The number of aryl methyl sites for hydroxylation is 3. The van der Waals surface area contributed by atoms with Crippen LogP contribution in [0.4, 0.5) is 71.6 Å². The Kier molecular flexibility index (Phi) is 32.6. The van der Waals surface area contributed by atoms with Gasteiger partial charge in [-0.3, -0.25) is 43.0 Å². The number of amides is 7. The number of nitrogens with one attached hydrogen (secondary N) is 7. The van der Waals surface area contributed by atoms with Crippen molar-refractivity contribution in [1.82, 2.24) is 86.5 Å². The minimum absolute atomic E-state index is 0.00552. The van der Waals surface area contributed by atoms with Crippen LogP contribution in [0.1, 0.15) is 114 Å². The summed E-state index contributed by atoms with van der Waals surface area (Å²) in [6.45, 7) is 4.85. The van der Waals surface area contributed by atoms with E-state index in [1.165, 1.54) is 72.3 Å². The number of Topliss-reactive ketones (excluding diaryl/α,β-unsaturated/α-hetero) is 1. The van der Waals surface area contributed by atoms with Crippen LogP contribution in [0.25, 0.3) is 43.1 Å². The van der Waals surface area contributed by atoms with Gasteiger partial charge in [0.2, 0.25) is 23.6 Å². The van der Waals surface area contributed by atoms with Gasteiger partial charge in [0.15, 0.2) is 52.3 Å². The van der Waals surface area contributed by atoms with Crippen molar-refractivity contribution in [3.05, 3.63) is 346 Å². The summed E-state index contributed by atoms with van der Waals surface area (Å²) in [5.41, 5.74) is 26.8. The van der Waals surface area contributed by atoms with Crippen molar-refractivity contribution in [2.24, 2.45) is 12.5 Å². The second-order valence-electron chi connectivity index (χ2n) is 33.0. The number of imidazole rings is 1. The predicted molar refractivity (Wildman–Crippen MR) is 500 cm³/mol. The minimum Gasteiger partial charge on any atom is -0.383 e. The molecular formula is C100H92F11N21O8. The van der Waals surface area contributed by atoms with Gasteiger partial charge in [0.05, 0.1) is 30.3 Å². The molecule has 7 aromatic heterocycles. The van der Waals surface area contributed by atoms with Crippen molar-refractivity contribution in [2.75, 3.05) is 22.9 Å². The van der Waals surface area contributed by atoms with Crippen LogP contribution in [0.15, 0.2) is 232 Å². The molecule has 1 aliphatic rings. The lowest BCUT2D eigenvalue weighted by atomic mass is 9.96. The van der Waals surface area contributed by atoms with Gasteiger partial charge in [0, 0.05) is 117 Å². The van der Waals surface area contributed by atoms with Crippen molar-refractivity contribution < 1.29 is 86.7 Å². The highest BCUT2D eigenvalue weighted by molar-refractivity contribution is 6.01. The van der Waals surface area contributed by atoms with E-state index >= 15 is 0 Å². The normalized spacial score (nSPS) is 12.8. The molecule has 40 heteroatoms. The first-order valence-corrected chi connectivity index (χ1v) is 43.7. The SMILES string of the molecule is CCCn1ncc(C(=O)N[C@@H](Cc2ccc(F)c(F)c2)C(=O)CCc2ccc3c(N)nccc3c2)c1C.Cn1cncc1C(=O)N[C@@H](Cc1ccc(F)c(F)c1)C(=O)NCc1ccc2c(N)nccc2c1.Nc1nccc2cc(CNC(=O)[C@H](Cc3ccc(F)c(F)c3)NC(=O)C3(C(F)(F)F)CC3)ccc12.Nc1nccc2cc(CNC(=O)[C@H](Cc3ccc(F)c(F)c3)NC(=O)c3ccncn3)ccc12. The Bertz CT molecular complexity index is 7130. The number of carbonyl (C=O) groups is 8. The summed E-state index contributed by atoms with van der Waals surface area (Å²) >= 11 is 0. The minimum atomic E-state index is -4.76. The van der Waals surface area contributed by atoms with E-state index in [4.69, 9.17) is 22.9 Å². The number of rotatable bonds is 31. The summed E-state index contributed by atoms with van der Waals surface area (Å²) in [6.07, 6.45) is 8.82.